The highest BCUT2D eigenvalue weighted by Gasteiger charge is 2.17. The minimum absolute atomic E-state index is 0.0650. The number of hydrogen-bond acceptors (Lipinski definition) is 4. The van der Waals surface area contributed by atoms with Gasteiger partial charge in [0, 0.05) is 0 Å². The van der Waals surface area contributed by atoms with Crippen molar-refractivity contribution in [2.45, 2.75) is 11.8 Å². The summed E-state index contributed by atoms with van der Waals surface area (Å²) in [6, 6.07) is 12.2. The monoisotopic (exact) mass is 320 g/mol. The SMILES string of the molecule is CCOc1ccc(S(=O)(=O)Nc2ccccc2C(N)=O)cc1. The molecule has 0 bridgehead atoms. The van der Waals surface area contributed by atoms with Crippen molar-refractivity contribution in [1.82, 2.24) is 0 Å². The maximum Gasteiger partial charge on any atom is 0.261 e. The van der Waals surface area contributed by atoms with Crippen LogP contribution in [0.1, 0.15) is 17.3 Å². The van der Waals surface area contributed by atoms with Gasteiger partial charge < -0.3 is 10.5 Å². The molecule has 0 radical (unpaired) electrons. The molecule has 0 aliphatic heterocycles. The van der Waals surface area contributed by atoms with E-state index in [1.165, 1.54) is 24.3 Å². The van der Waals surface area contributed by atoms with Crippen LogP contribution in [-0.2, 0) is 10.0 Å². The van der Waals surface area contributed by atoms with Gasteiger partial charge in [0.05, 0.1) is 22.8 Å². The lowest BCUT2D eigenvalue weighted by molar-refractivity contribution is 0.100. The van der Waals surface area contributed by atoms with Crippen molar-refractivity contribution in [3.8, 4) is 5.75 Å². The van der Waals surface area contributed by atoms with Crippen molar-refractivity contribution < 1.29 is 17.9 Å². The van der Waals surface area contributed by atoms with Gasteiger partial charge in [0.25, 0.3) is 15.9 Å². The number of para-hydroxylation sites is 1. The van der Waals surface area contributed by atoms with E-state index in [-0.39, 0.29) is 16.1 Å². The molecule has 3 N–H and O–H groups in total. The number of nitrogens with one attached hydrogen (secondary N) is 1. The molecule has 22 heavy (non-hydrogen) atoms. The molecule has 0 saturated carbocycles. The van der Waals surface area contributed by atoms with Gasteiger partial charge in [0.2, 0.25) is 0 Å². The van der Waals surface area contributed by atoms with Crippen molar-refractivity contribution in [2.24, 2.45) is 5.73 Å². The van der Waals surface area contributed by atoms with Crippen LogP contribution in [0.3, 0.4) is 0 Å². The number of carbonyl (C=O) groups excluding carboxylic acids is 1. The number of carbonyl (C=O) groups is 1. The topological polar surface area (TPSA) is 98.5 Å². The van der Waals surface area contributed by atoms with Crippen LogP contribution in [-0.4, -0.2) is 20.9 Å². The lowest BCUT2D eigenvalue weighted by Gasteiger charge is -2.11. The van der Waals surface area contributed by atoms with Gasteiger partial charge in [-0.15, -0.1) is 0 Å². The highest BCUT2D eigenvalue weighted by molar-refractivity contribution is 7.92. The van der Waals surface area contributed by atoms with Crippen LogP contribution in [0, 0.1) is 0 Å². The second kappa shape index (κ2) is 6.48. The second-order valence-corrected chi connectivity index (χ2v) is 6.10. The Balaban J connectivity index is 2.30. The first kappa shape index (κ1) is 15.8. The van der Waals surface area contributed by atoms with Gasteiger partial charge >= 0.3 is 0 Å². The summed E-state index contributed by atoms with van der Waals surface area (Å²) in [5.74, 6) is -0.121. The highest BCUT2D eigenvalue weighted by Crippen LogP contribution is 2.21. The number of hydrogen-bond donors (Lipinski definition) is 2. The van der Waals surface area contributed by atoms with Crippen LogP contribution >= 0.6 is 0 Å². The van der Waals surface area contributed by atoms with Gasteiger partial charge in [-0.2, -0.15) is 0 Å². The number of rotatable bonds is 6. The predicted molar refractivity (Wildman–Crippen MR) is 83.4 cm³/mol. The second-order valence-electron chi connectivity index (χ2n) is 4.42. The molecule has 2 aromatic carbocycles. The minimum atomic E-state index is -3.81. The Hall–Kier alpha value is -2.54. The van der Waals surface area contributed by atoms with E-state index in [9.17, 15) is 13.2 Å². The number of ether oxygens (including phenoxy) is 1. The summed E-state index contributed by atoms with van der Waals surface area (Å²) in [5.41, 5.74) is 5.49. The number of amides is 1. The number of benzene rings is 2. The standard InChI is InChI=1S/C15H16N2O4S/c1-2-21-11-7-9-12(10-8-11)22(19,20)17-14-6-4-3-5-13(14)15(16)18/h3-10,17H,2H2,1H3,(H2,16,18). The Labute approximate surface area is 129 Å². The van der Waals surface area contributed by atoms with E-state index < -0.39 is 15.9 Å². The van der Waals surface area contributed by atoms with Gasteiger partial charge in [-0.25, -0.2) is 8.42 Å². The fourth-order valence-electron chi connectivity index (χ4n) is 1.87. The van der Waals surface area contributed by atoms with E-state index >= 15 is 0 Å². The predicted octanol–water partition coefficient (Wildman–Crippen LogP) is 1.98. The molecule has 0 unspecified atom stereocenters. The molecule has 0 spiro atoms. The van der Waals surface area contributed by atoms with Gasteiger partial charge in [0.1, 0.15) is 5.75 Å². The maximum atomic E-state index is 12.3. The summed E-state index contributed by atoms with van der Waals surface area (Å²) in [6.45, 7) is 2.34. The van der Waals surface area contributed by atoms with Crippen LogP contribution in [0.2, 0.25) is 0 Å². The molecule has 0 atom stereocenters. The van der Waals surface area contributed by atoms with Crippen molar-refractivity contribution in [1.29, 1.82) is 0 Å². The molecular weight excluding hydrogens is 304 g/mol. The lowest BCUT2D eigenvalue weighted by Crippen LogP contribution is -2.18. The van der Waals surface area contributed by atoms with Crippen molar-refractivity contribution in [3.05, 3.63) is 54.1 Å². The number of nitrogens with two attached hydrogens (primary N) is 1. The largest absolute Gasteiger partial charge is 0.494 e. The van der Waals surface area contributed by atoms with Crippen LogP contribution in [0.25, 0.3) is 0 Å². The summed E-state index contributed by atoms with van der Waals surface area (Å²) < 4.78 is 32.3. The van der Waals surface area contributed by atoms with Crippen molar-refractivity contribution in [2.75, 3.05) is 11.3 Å². The average molecular weight is 320 g/mol. The van der Waals surface area contributed by atoms with Crippen LogP contribution in [0.15, 0.2) is 53.4 Å². The Morgan fingerprint density at radius 2 is 1.77 bits per heavy atom. The zero-order valence-electron chi connectivity index (χ0n) is 11.9. The third-order valence-corrected chi connectivity index (χ3v) is 4.26. The van der Waals surface area contributed by atoms with E-state index in [2.05, 4.69) is 4.72 Å². The number of anilines is 1. The van der Waals surface area contributed by atoms with Crippen LogP contribution in [0.4, 0.5) is 5.69 Å². The lowest BCUT2D eigenvalue weighted by atomic mass is 10.2. The Morgan fingerprint density at radius 3 is 2.36 bits per heavy atom. The molecular formula is C15H16N2O4S. The Bertz CT molecular complexity index is 770. The first-order chi connectivity index (χ1) is 10.4. The van der Waals surface area contributed by atoms with Crippen LogP contribution in [0.5, 0.6) is 5.75 Å². The average Bonchev–Trinajstić information content (AvgIpc) is 2.48. The first-order valence-corrected chi connectivity index (χ1v) is 8.07. The molecule has 7 heteroatoms. The molecule has 0 saturated heterocycles. The van der Waals surface area contributed by atoms with Gasteiger partial charge in [-0.3, -0.25) is 9.52 Å². The minimum Gasteiger partial charge on any atom is -0.494 e. The molecule has 116 valence electrons. The first-order valence-electron chi connectivity index (χ1n) is 6.58. The summed E-state index contributed by atoms with van der Waals surface area (Å²) in [7, 11) is -3.81. The third kappa shape index (κ3) is 3.56. The quantitative estimate of drug-likeness (QED) is 0.850. The third-order valence-electron chi connectivity index (χ3n) is 2.88. The zero-order valence-corrected chi connectivity index (χ0v) is 12.8. The summed E-state index contributed by atoms with van der Waals surface area (Å²) in [4.78, 5) is 11.4. The highest BCUT2D eigenvalue weighted by atomic mass is 32.2. The van der Waals surface area contributed by atoms with Gasteiger partial charge in [-0.05, 0) is 43.3 Å². The summed E-state index contributed by atoms with van der Waals surface area (Å²) in [5, 5.41) is 0. The van der Waals surface area contributed by atoms with Gasteiger partial charge in [0.15, 0.2) is 0 Å². The fourth-order valence-corrected chi connectivity index (χ4v) is 2.95. The molecule has 0 aromatic heterocycles. The molecule has 0 aliphatic carbocycles. The maximum absolute atomic E-state index is 12.3. The summed E-state index contributed by atoms with van der Waals surface area (Å²) >= 11 is 0. The van der Waals surface area contributed by atoms with E-state index in [1.807, 2.05) is 6.92 Å². The van der Waals surface area contributed by atoms with Crippen molar-refractivity contribution >= 4 is 21.6 Å². The Morgan fingerprint density at radius 1 is 1.14 bits per heavy atom. The Kier molecular flexibility index (Phi) is 4.67. The van der Waals surface area contributed by atoms with Crippen molar-refractivity contribution in [3.63, 3.8) is 0 Å². The summed E-state index contributed by atoms with van der Waals surface area (Å²) in [6.07, 6.45) is 0. The molecule has 2 aromatic rings. The normalized spacial score (nSPS) is 11.0. The fraction of sp³-hybridized carbons (Fsp3) is 0.133. The number of sulfonamides is 1. The van der Waals surface area contributed by atoms with E-state index in [4.69, 9.17) is 10.5 Å². The smallest absolute Gasteiger partial charge is 0.261 e. The molecule has 1 amide bonds. The molecule has 0 heterocycles. The van der Waals surface area contributed by atoms with E-state index in [1.54, 1.807) is 24.3 Å². The van der Waals surface area contributed by atoms with Gasteiger partial charge in [-0.1, -0.05) is 12.1 Å². The number of primary amides is 1. The van der Waals surface area contributed by atoms with E-state index in [0.717, 1.165) is 0 Å². The molecule has 2 rings (SSSR count). The zero-order chi connectivity index (χ0) is 16.2. The molecule has 0 fully saturated rings. The van der Waals surface area contributed by atoms with Crippen LogP contribution < -0.4 is 15.2 Å². The molecule has 0 aliphatic rings. The van der Waals surface area contributed by atoms with E-state index in [0.29, 0.717) is 12.4 Å². The molecule has 6 nitrogen and oxygen atoms in total.